The van der Waals surface area contributed by atoms with Crippen LogP contribution in [0.3, 0.4) is 0 Å². The minimum Gasteiger partial charge on any atom is -0.444 e. The summed E-state index contributed by atoms with van der Waals surface area (Å²) < 4.78 is 5.45. The number of hydrogen-bond donors (Lipinski definition) is 3. The van der Waals surface area contributed by atoms with E-state index in [1.54, 1.807) is 6.92 Å². The number of piperazine rings is 1. The predicted molar refractivity (Wildman–Crippen MR) is 141 cm³/mol. The Labute approximate surface area is 211 Å². The molecule has 1 aliphatic heterocycles. The van der Waals surface area contributed by atoms with E-state index in [1.165, 1.54) is 0 Å². The molecule has 32 heavy (non-hydrogen) atoms. The highest BCUT2D eigenvalue weighted by Crippen LogP contribution is 2.17. The van der Waals surface area contributed by atoms with Crippen molar-refractivity contribution in [3.05, 3.63) is 0 Å². The predicted octanol–water partition coefficient (Wildman–Crippen LogP) is 2.41. The van der Waals surface area contributed by atoms with Crippen LogP contribution in [0.5, 0.6) is 0 Å². The summed E-state index contributed by atoms with van der Waals surface area (Å²) in [4.78, 5) is 32.8. The highest BCUT2D eigenvalue weighted by Gasteiger charge is 2.30. The van der Waals surface area contributed by atoms with Crippen molar-refractivity contribution in [3.63, 3.8) is 0 Å². The molecule has 0 saturated carbocycles. The molecule has 0 radical (unpaired) electrons. The van der Waals surface area contributed by atoms with Crippen molar-refractivity contribution in [1.29, 1.82) is 0 Å². The Morgan fingerprint density at radius 1 is 1.00 bits per heavy atom. The highest BCUT2D eigenvalue weighted by atomic mass is 127. The van der Waals surface area contributed by atoms with Crippen LogP contribution >= 0.6 is 24.0 Å². The van der Waals surface area contributed by atoms with Gasteiger partial charge in [-0.15, -0.1) is 24.0 Å². The summed E-state index contributed by atoms with van der Waals surface area (Å²) >= 11 is 0. The molecular weight excluding hydrogens is 523 g/mol. The van der Waals surface area contributed by atoms with Crippen molar-refractivity contribution in [2.24, 2.45) is 4.99 Å². The SMILES string of the molecule is CCNC(=NCC(CC)(CC)NC(=O)OC(C)(C)C)NCCN1CCN(C(C)=O)CC1.I. The van der Waals surface area contributed by atoms with Gasteiger partial charge in [-0.2, -0.15) is 0 Å². The Bertz CT molecular complexity index is 597. The molecule has 0 spiro atoms. The summed E-state index contributed by atoms with van der Waals surface area (Å²) in [6.45, 7) is 19.6. The molecule has 0 aromatic carbocycles. The number of hydrogen-bond acceptors (Lipinski definition) is 5. The zero-order valence-electron chi connectivity index (χ0n) is 21.0. The summed E-state index contributed by atoms with van der Waals surface area (Å²) in [5, 5.41) is 9.71. The first kappa shape index (κ1) is 30.7. The molecule has 0 aromatic rings. The van der Waals surface area contributed by atoms with Crippen molar-refractivity contribution in [2.45, 2.75) is 72.4 Å². The Morgan fingerprint density at radius 3 is 2.06 bits per heavy atom. The lowest BCUT2D eigenvalue weighted by atomic mass is 9.93. The van der Waals surface area contributed by atoms with Crippen LogP contribution in [0.15, 0.2) is 4.99 Å². The average Bonchev–Trinajstić information content (AvgIpc) is 2.70. The number of carbonyl (C=O) groups is 2. The first-order chi connectivity index (χ1) is 14.5. The summed E-state index contributed by atoms with van der Waals surface area (Å²) in [6, 6.07) is 0. The molecular formula is C22H45IN6O3. The molecule has 1 heterocycles. The van der Waals surface area contributed by atoms with Crippen LogP contribution in [-0.2, 0) is 9.53 Å². The van der Waals surface area contributed by atoms with E-state index in [1.807, 2.05) is 32.6 Å². The standard InChI is InChI=1S/C22H44N6O3.HI/c1-8-22(9-2,26-20(30)31-21(5,6)7)17-25-19(23-10-3)24-11-12-27-13-15-28(16-14-27)18(4)29;/h8-17H2,1-7H3,(H,26,30)(H2,23,24,25);1H. The number of guanidine groups is 1. The second kappa shape index (κ2) is 14.8. The van der Waals surface area contributed by atoms with Gasteiger partial charge >= 0.3 is 6.09 Å². The third-order valence-electron chi connectivity index (χ3n) is 5.54. The maximum atomic E-state index is 12.3. The third kappa shape index (κ3) is 11.5. The second-order valence-electron chi connectivity index (χ2n) is 9.08. The normalized spacial score (nSPS) is 15.6. The zero-order valence-corrected chi connectivity index (χ0v) is 23.4. The van der Waals surface area contributed by atoms with Crippen molar-refractivity contribution >= 4 is 41.9 Å². The number of aliphatic imine (C=N–C) groups is 1. The van der Waals surface area contributed by atoms with Gasteiger partial charge in [0.05, 0.1) is 12.1 Å². The monoisotopic (exact) mass is 568 g/mol. The maximum absolute atomic E-state index is 12.3. The number of nitrogens with zero attached hydrogens (tertiary/aromatic N) is 3. The topological polar surface area (TPSA) is 98.3 Å². The molecule has 1 saturated heterocycles. The maximum Gasteiger partial charge on any atom is 0.408 e. The van der Waals surface area contributed by atoms with Crippen LogP contribution in [-0.4, -0.2) is 91.3 Å². The van der Waals surface area contributed by atoms with E-state index in [9.17, 15) is 9.59 Å². The number of amides is 2. The quantitative estimate of drug-likeness (QED) is 0.225. The highest BCUT2D eigenvalue weighted by molar-refractivity contribution is 14.0. The lowest BCUT2D eigenvalue weighted by Gasteiger charge is -2.34. The molecule has 2 amide bonds. The zero-order chi connectivity index (χ0) is 23.5. The summed E-state index contributed by atoms with van der Waals surface area (Å²) in [5.74, 6) is 0.886. The van der Waals surface area contributed by atoms with Crippen LogP contribution in [0.25, 0.3) is 0 Å². The minimum atomic E-state index is -0.535. The van der Waals surface area contributed by atoms with Crippen LogP contribution in [0.4, 0.5) is 4.79 Å². The molecule has 0 aromatic heterocycles. The van der Waals surface area contributed by atoms with Gasteiger partial charge in [0.1, 0.15) is 5.60 Å². The first-order valence-corrected chi connectivity index (χ1v) is 11.6. The fourth-order valence-corrected chi connectivity index (χ4v) is 3.40. The Kier molecular flexibility index (Phi) is 14.2. The number of halogens is 1. The van der Waals surface area contributed by atoms with Crippen LogP contribution in [0.1, 0.15) is 61.3 Å². The van der Waals surface area contributed by atoms with Gasteiger partial charge in [-0.1, -0.05) is 13.8 Å². The van der Waals surface area contributed by atoms with Crippen LogP contribution in [0.2, 0.25) is 0 Å². The lowest BCUT2D eigenvalue weighted by molar-refractivity contribution is -0.130. The van der Waals surface area contributed by atoms with E-state index < -0.39 is 17.2 Å². The van der Waals surface area contributed by atoms with Crippen LogP contribution in [0, 0.1) is 0 Å². The Balaban J connectivity index is 0.00000961. The smallest absolute Gasteiger partial charge is 0.408 e. The van der Waals surface area contributed by atoms with Gasteiger partial charge in [0.25, 0.3) is 0 Å². The van der Waals surface area contributed by atoms with Crippen molar-refractivity contribution in [3.8, 4) is 0 Å². The molecule has 1 aliphatic rings. The van der Waals surface area contributed by atoms with E-state index in [2.05, 4.69) is 34.7 Å². The number of alkyl carbamates (subject to hydrolysis) is 1. The van der Waals surface area contributed by atoms with Crippen molar-refractivity contribution < 1.29 is 14.3 Å². The van der Waals surface area contributed by atoms with Gasteiger partial charge in [0.2, 0.25) is 5.91 Å². The van der Waals surface area contributed by atoms with E-state index >= 15 is 0 Å². The number of ether oxygens (including phenoxy) is 1. The largest absolute Gasteiger partial charge is 0.444 e. The molecule has 1 rings (SSSR count). The van der Waals surface area contributed by atoms with E-state index in [-0.39, 0.29) is 29.9 Å². The van der Waals surface area contributed by atoms with E-state index in [4.69, 9.17) is 9.73 Å². The molecule has 0 unspecified atom stereocenters. The molecule has 188 valence electrons. The average molecular weight is 569 g/mol. The van der Waals surface area contributed by atoms with Gasteiger partial charge in [-0.05, 0) is 40.5 Å². The van der Waals surface area contributed by atoms with E-state index in [0.29, 0.717) is 6.54 Å². The molecule has 1 fully saturated rings. The van der Waals surface area contributed by atoms with Gasteiger partial charge < -0.3 is 25.6 Å². The number of rotatable bonds is 9. The van der Waals surface area contributed by atoms with E-state index in [0.717, 1.165) is 64.6 Å². The summed E-state index contributed by atoms with van der Waals surface area (Å²) in [6.07, 6.45) is 1.10. The third-order valence-corrected chi connectivity index (χ3v) is 5.54. The van der Waals surface area contributed by atoms with Gasteiger partial charge in [0.15, 0.2) is 5.96 Å². The lowest BCUT2D eigenvalue weighted by Crippen LogP contribution is -2.52. The summed E-state index contributed by atoms with van der Waals surface area (Å²) in [5.41, 5.74) is -0.985. The fraction of sp³-hybridized carbons (Fsp3) is 0.864. The van der Waals surface area contributed by atoms with Gasteiger partial charge in [-0.25, -0.2) is 4.79 Å². The molecule has 3 N–H and O–H groups in total. The number of nitrogens with one attached hydrogen (secondary N) is 3. The van der Waals surface area contributed by atoms with Crippen molar-refractivity contribution in [2.75, 3.05) is 52.4 Å². The Hall–Kier alpha value is -1.30. The van der Waals surface area contributed by atoms with Crippen molar-refractivity contribution in [1.82, 2.24) is 25.8 Å². The first-order valence-electron chi connectivity index (χ1n) is 11.6. The van der Waals surface area contributed by atoms with Gasteiger partial charge in [-0.3, -0.25) is 14.7 Å². The summed E-state index contributed by atoms with van der Waals surface area (Å²) in [7, 11) is 0. The Morgan fingerprint density at radius 2 is 1.59 bits per heavy atom. The molecule has 0 aliphatic carbocycles. The van der Waals surface area contributed by atoms with Crippen LogP contribution < -0.4 is 16.0 Å². The number of carbonyl (C=O) groups excluding carboxylic acids is 2. The fourth-order valence-electron chi connectivity index (χ4n) is 3.40. The molecule has 0 bridgehead atoms. The molecule has 0 atom stereocenters. The molecule has 9 nitrogen and oxygen atoms in total. The minimum absolute atomic E-state index is 0. The molecule has 10 heteroatoms. The van der Waals surface area contributed by atoms with Gasteiger partial charge in [0, 0.05) is 52.7 Å². The second-order valence-corrected chi connectivity index (χ2v) is 9.08.